The van der Waals surface area contributed by atoms with Crippen molar-refractivity contribution in [3.8, 4) is 0 Å². The minimum Gasteiger partial charge on any atom is -0.325 e. The van der Waals surface area contributed by atoms with Gasteiger partial charge in [-0.25, -0.2) is 9.37 Å². The summed E-state index contributed by atoms with van der Waals surface area (Å²) in [5.41, 5.74) is 9.49. The second kappa shape index (κ2) is 8.49. The molecule has 0 aliphatic heterocycles. The molecular formula is C22H26ClFN2O. The van der Waals surface area contributed by atoms with E-state index in [1.807, 2.05) is 18.2 Å². The molecule has 1 heterocycles. The first-order valence-electron chi connectivity index (χ1n) is 9.65. The lowest BCUT2D eigenvalue weighted by atomic mass is 9.76. The Labute approximate surface area is 166 Å². The number of carbonyl (C=O) groups excluding carboxylic acids is 1. The van der Waals surface area contributed by atoms with E-state index in [2.05, 4.69) is 11.1 Å². The zero-order valence-corrected chi connectivity index (χ0v) is 16.2. The van der Waals surface area contributed by atoms with E-state index in [1.165, 1.54) is 17.7 Å². The number of nitrogens with two attached hydrogens (primary N) is 1. The average molecular weight is 389 g/mol. The highest BCUT2D eigenvalue weighted by atomic mass is 35.5. The third kappa shape index (κ3) is 4.39. The predicted octanol–water partition coefficient (Wildman–Crippen LogP) is 5.14. The highest BCUT2D eigenvalue weighted by Gasteiger charge is 2.33. The van der Waals surface area contributed by atoms with Gasteiger partial charge in [-0.1, -0.05) is 18.2 Å². The van der Waals surface area contributed by atoms with Crippen molar-refractivity contribution in [3.05, 3.63) is 64.7 Å². The number of ketones is 1. The van der Waals surface area contributed by atoms with Gasteiger partial charge in [0.25, 0.3) is 0 Å². The number of rotatable bonds is 5. The van der Waals surface area contributed by atoms with Crippen LogP contribution < -0.4 is 5.73 Å². The van der Waals surface area contributed by atoms with E-state index in [1.54, 1.807) is 0 Å². The molecule has 2 aliphatic carbocycles. The standard InChI is InChI=1S/C22H25FN2O.ClH/c23-18-9-7-15(8-10-18)14-1-5-17(6-2-14)22(26)21-20(16-3-4-16)12-11-19(13-24)25-21;/h7-12,14,16-17H,1-6,13,24H2;1H. The van der Waals surface area contributed by atoms with Crippen molar-refractivity contribution in [1.82, 2.24) is 4.98 Å². The van der Waals surface area contributed by atoms with Gasteiger partial charge >= 0.3 is 0 Å². The molecule has 0 saturated heterocycles. The molecule has 4 rings (SSSR count). The number of aromatic nitrogens is 1. The molecule has 144 valence electrons. The molecule has 1 aromatic heterocycles. The summed E-state index contributed by atoms with van der Waals surface area (Å²) in [4.78, 5) is 17.8. The highest BCUT2D eigenvalue weighted by molar-refractivity contribution is 5.97. The number of pyridine rings is 1. The molecule has 0 radical (unpaired) electrons. The monoisotopic (exact) mass is 388 g/mol. The van der Waals surface area contributed by atoms with Crippen LogP contribution >= 0.6 is 12.4 Å². The van der Waals surface area contributed by atoms with Crippen LogP contribution in [0, 0.1) is 11.7 Å². The van der Waals surface area contributed by atoms with Crippen LogP contribution in [-0.4, -0.2) is 10.8 Å². The number of hydrogen-bond donors (Lipinski definition) is 1. The van der Waals surface area contributed by atoms with E-state index in [0.29, 0.717) is 24.1 Å². The number of nitrogens with zero attached hydrogens (tertiary/aromatic N) is 1. The van der Waals surface area contributed by atoms with Gasteiger partial charge in [-0.15, -0.1) is 12.4 Å². The zero-order valence-electron chi connectivity index (χ0n) is 15.4. The van der Waals surface area contributed by atoms with E-state index in [9.17, 15) is 9.18 Å². The minimum absolute atomic E-state index is 0. The quantitative estimate of drug-likeness (QED) is 0.722. The number of halogens is 2. The maximum atomic E-state index is 13.2. The molecule has 5 heteroatoms. The summed E-state index contributed by atoms with van der Waals surface area (Å²) >= 11 is 0. The first-order valence-corrected chi connectivity index (χ1v) is 9.65. The molecule has 1 aromatic carbocycles. The summed E-state index contributed by atoms with van der Waals surface area (Å²) in [7, 11) is 0. The number of hydrogen-bond acceptors (Lipinski definition) is 3. The van der Waals surface area contributed by atoms with E-state index in [-0.39, 0.29) is 29.9 Å². The van der Waals surface area contributed by atoms with E-state index in [0.717, 1.165) is 49.8 Å². The van der Waals surface area contributed by atoms with Crippen LogP contribution in [0.5, 0.6) is 0 Å². The topological polar surface area (TPSA) is 56.0 Å². The van der Waals surface area contributed by atoms with Crippen LogP contribution in [0.4, 0.5) is 4.39 Å². The third-order valence-corrected chi connectivity index (χ3v) is 5.88. The molecule has 0 atom stereocenters. The Balaban J connectivity index is 0.00000210. The third-order valence-electron chi connectivity index (χ3n) is 5.88. The summed E-state index contributed by atoms with van der Waals surface area (Å²) in [6.45, 7) is 0.364. The Morgan fingerprint density at radius 1 is 0.963 bits per heavy atom. The molecule has 0 spiro atoms. The van der Waals surface area contributed by atoms with Crippen LogP contribution in [-0.2, 0) is 6.54 Å². The fraction of sp³-hybridized carbons (Fsp3) is 0.455. The van der Waals surface area contributed by atoms with Gasteiger partial charge < -0.3 is 5.73 Å². The second-order valence-electron chi connectivity index (χ2n) is 7.68. The highest BCUT2D eigenvalue weighted by Crippen LogP contribution is 2.43. The summed E-state index contributed by atoms with van der Waals surface area (Å²) < 4.78 is 13.1. The van der Waals surface area contributed by atoms with Gasteiger partial charge in [0, 0.05) is 12.5 Å². The van der Waals surface area contributed by atoms with Gasteiger partial charge in [-0.3, -0.25) is 4.79 Å². The van der Waals surface area contributed by atoms with Crippen molar-refractivity contribution in [2.75, 3.05) is 0 Å². The van der Waals surface area contributed by atoms with Crippen LogP contribution in [0.2, 0.25) is 0 Å². The molecule has 0 unspecified atom stereocenters. The fourth-order valence-corrected chi connectivity index (χ4v) is 4.16. The molecule has 2 aromatic rings. The Kier molecular flexibility index (Phi) is 6.28. The maximum Gasteiger partial charge on any atom is 0.184 e. The molecule has 2 saturated carbocycles. The van der Waals surface area contributed by atoms with Gasteiger partial charge in [0.2, 0.25) is 0 Å². The normalized spacial score (nSPS) is 22.1. The number of Topliss-reactive ketones (excluding diaryl/α,β-unsaturated/α-hetero) is 1. The van der Waals surface area contributed by atoms with Gasteiger partial charge in [0.15, 0.2) is 5.78 Å². The van der Waals surface area contributed by atoms with Crippen molar-refractivity contribution in [2.45, 2.75) is 56.9 Å². The molecule has 0 bridgehead atoms. The van der Waals surface area contributed by atoms with Crippen LogP contribution in [0.15, 0.2) is 36.4 Å². The van der Waals surface area contributed by atoms with Crippen LogP contribution in [0.3, 0.4) is 0 Å². The SMILES string of the molecule is Cl.NCc1ccc(C2CC2)c(C(=O)C2CCC(c3ccc(F)cc3)CC2)n1. The molecule has 2 aliphatic rings. The van der Waals surface area contributed by atoms with Crippen molar-refractivity contribution in [3.63, 3.8) is 0 Å². The lowest BCUT2D eigenvalue weighted by molar-refractivity contribution is 0.0877. The number of carbonyl (C=O) groups is 1. The minimum atomic E-state index is -0.198. The summed E-state index contributed by atoms with van der Waals surface area (Å²) in [5, 5.41) is 0. The van der Waals surface area contributed by atoms with E-state index >= 15 is 0 Å². The first-order chi connectivity index (χ1) is 12.7. The first kappa shape index (κ1) is 20.0. The molecule has 3 nitrogen and oxygen atoms in total. The van der Waals surface area contributed by atoms with Crippen molar-refractivity contribution < 1.29 is 9.18 Å². The molecule has 2 N–H and O–H groups in total. The summed E-state index contributed by atoms with van der Waals surface area (Å²) in [5.74, 6) is 0.968. The summed E-state index contributed by atoms with van der Waals surface area (Å²) in [6.07, 6.45) is 6.00. The molecule has 27 heavy (non-hydrogen) atoms. The van der Waals surface area contributed by atoms with E-state index in [4.69, 9.17) is 5.73 Å². The maximum absolute atomic E-state index is 13.2. The lowest BCUT2D eigenvalue weighted by Gasteiger charge is -2.28. The Morgan fingerprint density at radius 2 is 1.59 bits per heavy atom. The van der Waals surface area contributed by atoms with Crippen LogP contribution in [0.25, 0.3) is 0 Å². The van der Waals surface area contributed by atoms with Gasteiger partial charge in [-0.05, 0) is 79.7 Å². The Morgan fingerprint density at radius 3 is 2.19 bits per heavy atom. The van der Waals surface area contributed by atoms with E-state index < -0.39 is 0 Å². The Hall–Kier alpha value is -1.78. The smallest absolute Gasteiger partial charge is 0.184 e. The molecule has 0 amide bonds. The lowest BCUT2D eigenvalue weighted by Crippen LogP contribution is -2.23. The largest absolute Gasteiger partial charge is 0.325 e. The predicted molar refractivity (Wildman–Crippen MR) is 107 cm³/mol. The fourth-order valence-electron chi connectivity index (χ4n) is 4.16. The van der Waals surface area contributed by atoms with Crippen molar-refractivity contribution in [2.24, 2.45) is 11.7 Å². The van der Waals surface area contributed by atoms with Crippen molar-refractivity contribution >= 4 is 18.2 Å². The molecule has 2 fully saturated rings. The van der Waals surface area contributed by atoms with Gasteiger partial charge in [0.05, 0.1) is 5.69 Å². The van der Waals surface area contributed by atoms with Crippen LogP contribution in [0.1, 0.15) is 77.7 Å². The van der Waals surface area contributed by atoms with Gasteiger partial charge in [0.1, 0.15) is 11.5 Å². The zero-order chi connectivity index (χ0) is 18.1. The average Bonchev–Trinajstić information content (AvgIpc) is 3.53. The summed E-state index contributed by atoms with van der Waals surface area (Å²) in [6, 6.07) is 10.8. The van der Waals surface area contributed by atoms with Crippen molar-refractivity contribution in [1.29, 1.82) is 0 Å². The number of benzene rings is 1. The second-order valence-corrected chi connectivity index (χ2v) is 7.68. The Bertz CT molecular complexity index is 796. The van der Waals surface area contributed by atoms with Gasteiger partial charge in [-0.2, -0.15) is 0 Å². The molecular weight excluding hydrogens is 363 g/mol.